The number of fused-ring (bicyclic) bond motifs is 1. The Morgan fingerprint density at radius 2 is 1.95 bits per heavy atom. The van der Waals surface area contributed by atoms with Gasteiger partial charge in [-0.05, 0) is 30.4 Å². The van der Waals surface area contributed by atoms with Gasteiger partial charge in [-0.2, -0.15) is 0 Å². The standard InChI is InChI=1S/C17H21NO/c1-4-7-13(2)18-12-14-10-11-17(19-3)16-9-6-5-8-15(14)16/h4-6,8-11,13,18H,1,7,12H2,2-3H3. The van der Waals surface area contributed by atoms with E-state index in [0.717, 1.165) is 18.7 Å². The van der Waals surface area contributed by atoms with E-state index in [0.29, 0.717) is 6.04 Å². The molecule has 0 aliphatic carbocycles. The third-order valence-corrected chi connectivity index (χ3v) is 3.36. The minimum atomic E-state index is 0.443. The van der Waals surface area contributed by atoms with Gasteiger partial charge in [0.05, 0.1) is 7.11 Å². The summed E-state index contributed by atoms with van der Waals surface area (Å²) in [6, 6.07) is 13.0. The van der Waals surface area contributed by atoms with Crippen molar-refractivity contribution in [3.8, 4) is 5.75 Å². The van der Waals surface area contributed by atoms with E-state index in [9.17, 15) is 0 Å². The second kappa shape index (κ2) is 6.39. The molecule has 0 radical (unpaired) electrons. The maximum Gasteiger partial charge on any atom is 0.126 e. The van der Waals surface area contributed by atoms with E-state index in [1.165, 1.54) is 16.3 Å². The van der Waals surface area contributed by atoms with Crippen LogP contribution in [0.25, 0.3) is 10.8 Å². The summed E-state index contributed by atoms with van der Waals surface area (Å²) < 4.78 is 5.41. The maximum absolute atomic E-state index is 5.41. The predicted molar refractivity (Wildman–Crippen MR) is 81.6 cm³/mol. The Hall–Kier alpha value is -1.80. The molecule has 0 fully saturated rings. The molecule has 0 amide bonds. The zero-order valence-electron chi connectivity index (χ0n) is 11.6. The van der Waals surface area contributed by atoms with E-state index < -0.39 is 0 Å². The van der Waals surface area contributed by atoms with Gasteiger partial charge in [0.15, 0.2) is 0 Å². The van der Waals surface area contributed by atoms with Crippen molar-refractivity contribution in [2.24, 2.45) is 0 Å². The van der Waals surface area contributed by atoms with E-state index in [2.05, 4.69) is 43.1 Å². The van der Waals surface area contributed by atoms with E-state index >= 15 is 0 Å². The van der Waals surface area contributed by atoms with Crippen molar-refractivity contribution in [1.29, 1.82) is 0 Å². The molecule has 2 rings (SSSR count). The summed E-state index contributed by atoms with van der Waals surface area (Å²) in [6.07, 6.45) is 2.93. The van der Waals surface area contributed by atoms with Crippen molar-refractivity contribution in [3.63, 3.8) is 0 Å². The number of benzene rings is 2. The summed E-state index contributed by atoms with van der Waals surface area (Å²) in [7, 11) is 1.71. The monoisotopic (exact) mass is 255 g/mol. The average molecular weight is 255 g/mol. The van der Waals surface area contributed by atoms with Crippen LogP contribution >= 0.6 is 0 Å². The van der Waals surface area contributed by atoms with Gasteiger partial charge in [-0.25, -0.2) is 0 Å². The van der Waals surface area contributed by atoms with Gasteiger partial charge in [0, 0.05) is 18.0 Å². The van der Waals surface area contributed by atoms with E-state index in [4.69, 9.17) is 4.74 Å². The highest BCUT2D eigenvalue weighted by molar-refractivity contribution is 5.91. The maximum atomic E-state index is 5.41. The highest BCUT2D eigenvalue weighted by atomic mass is 16.5. The normalized spacial score (nSPS) is 12.3. The molecular weight excluding hydrogens is 234 g/mol. The summed E-state index contributed by atoms with van der Waals surface area (Å²) in [4.78, 5) is 0. The van der Waals surface area contributed by atoms with Crippen LogP contribution in [-0.4, -0.2) is 13.2 Å². The highest BCUT2D eigenvalue weighted by Crippen LogP contribution is 2.28. The van der Waals surface area contributed by atoms with Gasteiger partial charge < -0.3 is 10.1 Å². The molecule has 0 heterocycles. The van der Waals surface area contributed by atoms with Gasteiger partial charge in [-0.1, -0.05) is 36.4 Å². The van der Waals surface area contributed by atoms with Gasteiger partial charge in [0.2, 0.25) is 0 Å². The molecule has 0 aliphatic heterocycles. The lowest BCUT2D eigenvalue weighted by Crippen LogP contribution is -2.24. The van der Waals surface area contributed by atoms with Crippen LogP contribution in [0.4, 0.5) is 0 Å². The Morgan fingerprint density at radius 3 is 2.63 bits per heavy atom. The van der Waals surface area contributed by atoms with Crippen LogP contribution in [-0.2, 0) is 6.54 Å². The third-order valence-electron chi connectivity index (χ3n) is 3.36. The van der Waals surface area contributed by atoms with Crippen molar-refractivity contribution in [3.05, 3.63) is 54.6 Å². The third kappa shape index (κ3) is 3.15. The van der Waals surface area contributed by atoms with Crippen LogP contribution in [0.2, 0.25) is 0 Å². The molecule has 0 aliphatic rings. The van der Waals surface area contributed by atoms with Gasteiger partial charge in [-0.3, -0.25) is 0 Å². The topological polar surface area (TPSA) is 21.3 Å². The van der Waals surface area contributed by atoms with Crippen molar-refractivity contribution in [2.75, 3.05) is 7.11 Å². The minimum Gasteiger partial charge on any atom is -0.496 e. The molecule has 0 saturated heterocycles. The molecular formula is C17H21NO. The van der Waals surface area contributed by atoms with E-state index in [-0.39, 0.29) is 0 Å². The molecule has 2 nitrogen and oxygen atoms in total. The first-order valence-electron chi connectivity index (χ1n) is 6.65. The zero-order chi connectivity index (χ0) is 13.7. The molecule has 0 bridgehead atoms. The molecule has 100 valence electrons. The Balaban J connectivity index is 2.26. The fraction of sp³-hybridized carbons (Fsp3) is 0.294. The van der Waals surface area contributed by atoms with E-state index in [1.54, 1.807) is 7.11 Å². The van der Waals surface area contributed by atoms with Crippen LogP contribution in [0.1, 0.15) is 18.9 Å². The second-order valence-electron chi connectivity index (χ2n) is 4.78. The van der Waals surface area contributed by atoms with Gasteiger partial charge in [-0.15, -0.1) is 6.58 Å². The fourth-order valence-electron chi connectivity index (χ4n) is 2.28. The van der Waals surface area contributed by atoms with Crippen LogP contribution < -0.4 is 10.1 Å². The highest BCUT2D eigenvalue weighted by Gasteiger charge is 2.06. The number of rotatable bonds is 6. The molecule has 0 aromatic heterocycles. The van der Waals surface area contributed by atoms with Crippen LogP contribution in [0.3, 0.4) is 0 Å². The van der Waals surface area contributed by atoms with Gasteiger partial charge >= 0.3 is 0 Å². The zero-order valence-corrected chi connectivity index (χ0v) is 11.6. The lowest BCUT2D eigenvalue weighted by atomic mass is 10.0. The molecule has 19 heavy (non-hydrogen) atoms. The van der Waals surface area contributed by atoms with Crippen LogP contribution in [0.5, 0.6) is 5.75 Å². The van der Waals surface area contributed by atoms with Gasteiger partial charge in [0.25, 0.3) is 0 Å². The Kier molecular flexibility index (Phi) is 4.58. The largest absolute Gasteiger partial charge is 0.496 e. The smallest absolute Gasteiger partial charge is 0.126 e. The Labute approximate surface area is 115 Å². The molecule has 2 aromatic rings. The summed E-state index contributed by atoms with van der Waals surface area (Å²) in [5.41, 5.74) is 1.30. The van der Waals surface area contributed by atoms with Crippen molar-refractivity contribution < 1.29 is 4.74 Å². The lowest BCUT2D eigenvalue weighted by molar-refractivity contribution is 0.419. The van der Waals surface area contributed by atoms with E-state index in [1.807, 2.05) is 18.2 Å². The number of methoxy groups -OCH3 is 1. The van der Waals surface area contributed by atoms with Crippen molar-refractivity contribution >= 4 is 10.8 Å². The second-order valence-corrected chi connectivity index (χ2v) is 4.78. The summed E-state index contributed by atoms with van der Waals surface area (Å²) in [5, 5.41) is 5.93. The van der Waals surface area contributed by atoms with Gasteiger partial charge in [0.1, 0.15) is 5.75 Å². The Morgan fingerprint density at radius 1 is 1.21 bits per heavy atom. The number of hydrogen-bond acceptors (Lipinski definition) is 2. The summed E-state index contributed by atoms with van der Waals surface area (Å²) in [6.45, 7) is 6.81. The predicted octanol–water partition coefficient (Wildman–Crippen LogP) is 3.90. The molecule has 0 spiro atoms. The molecule has 2 aromatic carbocycles. The first kappa shape index (κ1) is 13.6. The van der Waals surface area contributed by atoms with Crippen molar-refractivity contribution in [1.82, 2.24) is 5.32 Å². The average Bonchev–Trinajstić information content (AvgIpc) is 2.45. The first-order chi connectivity index (χ1) is 9.26. The summed E-state index contributed by atoms with van der Waals surface area (Å²) >= 11 is 0. The number of ether oxygens (including phenoxy) is 1. The first-order valence-corrected chi connectivity index (χ1v) is 6.65. The minimum absolute atomic E-state index is 0.443. The van der Waals surface area contributed by atoms with Crippen LogP contribution in [0, 0.1) is 0 Å². The van der Waals surface area contributed by atoms with Crippen molar-refractivity contribution in [2.45, 2.75) is 25.9 Å². The molecule has 1 N–H and O–H groups in total. The SMILES string of the molecule is C=CCC(C)NCc1ccc(OC)c2ccccc12. The fourth-order valence-corrected chi connectivity index (χ4v) is 2.28. The quantitative estimate of drug-likeness (QED) is 0.790. The Bertz CT molecular complexity index is 562. The molecule has 2 heteroatoms. The van der Waals surface area contributed by atoms with Crippen LogP contribution in [0.15, 0.2) is 49.1 Å². The number of hydrogen-bond donors (Lipinski definition) is 1. The lowest BCUT2D eigenvalue weighted by Gasteiger charge is -2.14. The summed E-state index contributed by atoms with van der Waals surface area (Å²) in [5.74, 6) is 0.929. The molecule has 1 unspecified atom stereocenters. The molecule has 0 saturated carbocycles. The number of nitrogens with one attached hydrogen (secondary N) is 1. The molecule has 1 atom stereocenters.